The molecule has 1 aromatic carbocycles. The highest BCUT2D eigenvalue weighted by molar-refractivity contribution is 5.81. The first-order chi connectivity index (χ1) is 12.7. The summed E-state index contributed by atoms with van der Waals surface area (Å²) in [7, 11) is 0. The van der Waals surface area contributed by atoms with E-state index in [0.29, 0.717) is 16.9 Å². The lowest BCUT2D eigenvalue weighted by Gasteiger charge is -2.16. The first-order valence-electron chi connectivity index (χ1n) is 8.17. The van der Waals surface area contributed by atoms with Gasteiger partial charge >= 0.3 is 6.18 Å². The van der Waals surface area contributed by atoms with Crippen LogP contribution < -0.4 is 4.74 Å². The number of imidazole rings is 1. The highest BCUT2D eigenvalue weighted by Crippen LogP contribution is 2.41. The maximum atomic E-state index is 13.7. The van der Waals surface area contributed by atoms with Crippen LogP contribution in [0.3, 0.4) is 0 Å². The molecule has 0 spiro atoms. The highest BCUT2D eigenvalue weighted by Gasteiger charge is 2.38. The van der Waals surface area contributed by atoms with E-state index in [1.54, 1.807) is 4.57 Å². The summed E-state index contributed by atoms with van der Waals surface area (Å²) in [6, 6.07) is 3.39. The number of rotatable bonds is 4. The molecular formula is C17H13F5N4O. The van der Waals surface area contributed by atoms with Crippen LogP contribution in [0.4, 0.5) is 22.0 Å². The first kappa shape index (κ1) is 17.6. The SMILES string of the molecule is CC(Oc1cc(-c2nc3cc(F)c(F)cc3n2C2CC2)cnn1)C(F)(F)F. The summed E-state index contributed by atoms with van der Waals surface area (Å²) in [5.74, 6) is -1.99. The van der Waals surface area contributed by atoms with Crippen LogP contribution in [0.1, 0.15) is 25.8 Å². The molecule has 142 valence electrons. The van der Waals surface area contributed by atoms with Crippen molar-refractivity contribution in [3.63, 3.8) is 0 Å². The van der Waals surface area contributed by atoms with Gasteiger partial charge in [0.15, 0.2) is 17.7 Å². The molecule has 0 aliphatic heterocycles. The molecule has 0 N–H and O–H groups in total. The molecule has 1 fully saturated rings. The second-order valence-corrected chi connectivity index (χ2v) is 6.38. The van der Waals surface area contributed by atoms with Crippen LogP contribution in [0.15, 0.2) is 24.4 Å². The average Bonchev–Trinajstić information content (AvgIpc) is 3.37. The second kappa shape index (κ2) is 6.14. The van der Waals surface area contributed by atoms with Gasteiger partial charge in [0.05, 0.1) is 17.2 Å². The Balaban J connectivity index is 1.78. The van der Waals surface area contributed by atoms with Crippen molar-refractivity contribution in [2.24, 2.45) is 0 Å². The summed E-state index contributed by atoms with van der Waals surface area (Å²) in [6.07, 6.45) is -3.62. The van der Waals surface area contributed by atoms with Crippen LogP contribution >= 0.6 is 0 Å². The van der Waals surface area contributed by atoms with Crippen LogP contribution in [-0.4, -0.2) is 32.0 Å². The number of fused-ring (bicyclic) bond motifs is 1. The maximum absolute atomic E-state index is 13.7. The van der Waals surface area contributed by atoms with Gasteiger partial charge in [0.2, 0.25) is 5.88 Å². The molecule has 1 saturated carbocycles. The summed E-state index contributed by atoms with van der Waals surface area (Å²) >= 11 is 0. The Labute approximate surface area is 149 Å². The molecule has 1 atom stereocenters. The number of alkyl halides is 3. The lowest BCUT2D eigenvalue weighted by molar-refractivity contribution is -0.190. The molecule has 0 bridgehead atoms. The van der Waals surface area contributed by atoms with Gasteiger partial charge in [0.1, 0.15) is 5.82 Å². The molecule has 2 aromatic heterocycles. The van der Waals surface area contributed by atoms with Crippen LogP contribution in [-0.2, 0) is 0 Å². The lowest BCUT2D eigenvalue weighted by atomic mass is 10.2. The number of benzene rings is 1. The number of ether oxygens (including phenoxy) is 1. The summed E-state index contributed by atoms with van der Waals surface area (Å²) in [5.41, 5.74) is 1.01. The largest absolute Gasteiger partial charge is 0.464 e. The number of hydrogen-bond acceptors (Lipinski definition) is 4. The fraction of sp³-hybridized carbons (Fsp3) is 0.353. The predicted molar refractivity (Wildman–Crippen MR) is 85.1 cm³/mol. The van der Waals surface area contributed by atoms with Crippen molar-refractivity contribution in [1.29, 1.82) is 0 Å². The summed E-state index contributed by atoms with van der Waals surface area (Å²) in [4.78, 5) is 4.33. The molecular weight excluding hydrogens is 371 g/mol. The van der Waals surface area contributed by atoms with E-state index in [9.17, 15) is 22.0 Å². The number of hydrogen-bond donors (Lipinski definition) is 0. The quantitative estimate of drug-likeness (QED) is 0.625. The van der Waals surface area contributed by atoms with Gasteiger partial charge in [0, 0.05) is 29.8 Å². The van der Waals surface area contributed by atoms with Gasteiger partial charge in [-0.25, -0.2) is 13.8 Å². The van der Waals surface area contributed by atoms with E-state index in [1.807, 2.05) is 0 Å². The van der Waals surface area contributed by atoms with Gasteiger partial charge < -0.3 is 9.30 Å². The third-order valence-electron chi connectivity index (χ3n) is 4.29. The van der Waals surface area contributed by atoms with Gasteiger partial charge in [-0.05, 0) is 19.8 Å². The molecule has 1 aliphatic carbocycles. The van der Waals surface area contributed by atoms with Gasteiger partial charge in [-0.2, -0.15) is 18.3 Å². The van der Waals surface area contributed by atoms with Crippen LogP contribution in [0, 0.1) is 11.6 Å². The molecule has 1 aliphatic rings. The summed E-state index contributed by atoms with van der Waals surface area (Å²) < 4.78 is 71.9. The van der Waals surface area contributed by atoms with Crippen molar-refractivity contribution in [1.82, 2.24) is 19.7 Å². The van der Waals surface area contributed by atoms with Crippen LogP contribution in [0.25, 0.3) is 22.4 Å². The summed E-state index contributed by atoms with van der Waals surface area (Å²) in [6.45, 7) is 0.860. The number of halogens is 5. The number of aromatic nitrogens is 4. The standard InChI is InChI=1S/C17H13F5N4O/c1-8(17(20,21)22)27-15-4-9(7-23-25-15)16-24-13-5-11(18)12(19)6-14(13)26(16)10-2-3-10/h4-8,10H,2-3H2,1H3. The van der Waals surface area contributed by atoms with E-state index >= 15 is 0 Å². The van der Waals surface area contributed by atoms with E-state index in [2.05, 4.69) is 15.2 Å². The Morgan fingerprint density at radius 3 is 2.52 bits per heavy atom. The van der Waals surface area contributed by atoms with Crippen molar-refractivity contribution in [3.05, 3.63) is 36.0 Å². The Hall–Kier alpha value is -2.78. The molecule has 1 unspecified atom stereocenters. The minimum absolute atomic E-state index is 0.0569. The topological polar surface area (TPSA) is 52.8 Å². The molecule has 0 saturated heterocycles. The average molecular weight is 384 g/mol. The Bertz CT molecular complexity index is 1010. The molecule has 2 heterocycles. The van der Waals surface area contributed by atoms with Gasteiger partial charge in [-0.3, -0.25) is 0 Å². The van der Waals surface area contributed by atoms with Gasteiger partial charge in [-0.15, -0.1) is 5.10 Å². The van der Waals surface area contributed by atoms with Crippen molar-refractivity contribution < 1.29 is 26.7 Å². The van der Waals surface area contributed by atoms with E-state index in [-0.39, 0.29) is 17.4 Å². The zero-order valence-electron chi connectivity index (χ0n) is 14.0. The zero-order chi connectivity index (χ0) is 19.3. The normalized spacial score (nSPS) is 15.9. The molecule has 3 aromatic rings. The lowest BCUT2D eigenvalue weighted by Crippen LogP contribution is -2.31. The van der Waals surface area contributed by atoms with Crippen molar-refractivity contribution in [2.75, 3.05) is 0 Å². The predicted octanol–water partition coefficient (Wildman–Crippen LogP) is 4.44. The molecule has 5 nitrogen and oxygen atoms in total. The number of nitrogens with zero attached hydrogens (tertiary/aromatic N) is 4. The molecule has 4 rings (SSSR count). The first-order valence-corrected chi connectivity index (χ1v) is 8.17. The van der Waals surface area contributed by atoms with Crippen molar-refractivity contribution in [2.45, 2.75) is 38.1 Å². The molecule has 27 heavy (non-hydrogen) atoms. The summed E-state index contributed by atoms with van der Waals surface area (Å²) in [5, 5.41) is 7.24. The monoisotopic (exact) mass is 384 g/mol. The maximum Gasteiger partial charge on any atom is 0.425 e. The fourth-order valence-electron chi connectivity index (χ4n) is 2.77. The Kier molecular flexibility index (Phi) is 4.01. The second-order valence-electron chi connectivity index (χ2n) is 6.38. The van der Waals surface area contributed by atoms with E-state index in [4.69, 9.17) is 4.74 Å². The third-order valence-corrected chi connectivity index (χ3v) is 4.29. The van der Waals surface area contributed by atoms with E-state index < -0.39 is 23.9 Å². The van der Waals surface area contributed by atoms with Gasteiger partial charge in [-0.1, -0.05) is 0 Å². The Morgan fingerprint density at radius 1 is 1.15 bits per heavy atom. The zero-order valence-corrected chi connectivity index (χ0v) is 14.0. The Morgan fingerprint density at radius 2 is 1.85 bits per heavy atom. The molecule has 0 amide bonds. The molecule has 0 radical (unpaired) electrons. The highest BCUT2D eigenvalue weighted by atomic mass is 19.4. The van der Waals surface area contributed by atoms with Crippen molar-refractivity contribution in [3.8, 4) is 17.3 Å². The minimum Gasteiger partial charge on any atom is -0.464 e. The van der Waals surface area contributed by atoms with Gasteiger partial charge in [0.25, 0.3) is 0 Å². The minimum atomic E-state index is -4.55. The van der Waals surface area contributed by atoms with E-state index in [0.717, 1.165) is 31.9 Å². The van der Waals surface area contributed by atoms with Crippen LogP contribution in [0.5, 0.6) is 5.88 Å². The van der Waals surface area contributed by atoms with E-state index in [1.165, 1.54) is 12.3 Å². The third kappa shape index (κ3) is 3.31. The smallest absolute Gasteiger partial charge is 0.425 e. The fourth-order valence-corrected chi connectivity index (χ4v) is 2.77. The van der Waals surface area contributed by atoms with Crippen molar-refractivity contribution >= 4 is 11.0 Å². The van der Waals surface area contributed by atoms with Crippen LogP contribution in [0.2, 0.25) is 0 Å². The molecule has 10 heteroatoms.